The lowest BCUT2D eigenvalue weighted by molar-refractivity contribution is -0.137. The molecule has 1 aromatic heterocycles. The van der Waals surface area contributed by atoms with Gasteiger partial charge in [-0.05, 0) is 12.1 Å². The maximum atomic E-state index is 12.2. The summed E-state index contributed by atoms with van der Waals surface area (Å²) < 4.78 is 47.3. The van der Waals surface area contributed by atoms with Crippen LogP contribution in [0.4, 0.5) is 19.0 Å². The van der Waals surface area contributed by atoms with Crippen molar-refractivity contribution in [1.82, 2.24) is 4.98 Å². The number of anilines is 1. The van der Waals surface area contributed by atoms with Crippen LogP contribution in [0, 0.1) is 0 Å². The van der Waals surface area contributed by atoms with E-state index in [0.717, 1.165) is 12.3 Å². The van der Waals surface area contributed by atoms with E-state index in [9.17, 15) is 17.4 Å². The summed E-state index contributed by atoms with van der Waals surface area (Å²) in [6.07, 6.45) is -2.04. The van der Waals surface area contributed by atoms with Gasteiger partial charge in [0.2, 0.25) is 0 Å². The summed E-state index contributed by atoms with van der Waals surface area (Å²) in [6, 6.07) is 2.21. The molecule has 0 aromatic carbocycles. The largest absolute Gasteiger partial charge is 0.417 e. The van der Waals surface area contributed by atoms with Crippen molar-refractivity contribution in [2.75, 3.05) is 23.9 Å². The molecule has 0 aliphatic rings. The third kappa shape index (κ3) is 4.18. The van der Waals surface area contributed by atoms with Gasteiger partial charge in [0.1, 0.15) is 5.82 Å². The molecule has 90 valence electrons. The molecule has 1 N–H and O–H groups in total. The lowest BCUT2D eigenvalue weighted by Gasteiger charge is -2.07. The van der Waals surface area contributed by atoms with Gasteiger partial charge < -0.3 is 5.32 Å². The average Bonchev–Trinajstić information content (AvgIpc) is 2.16. The minimum Gasteiger partial charge on any atom is -0.369 e. The van der Waals surface area contributed by atoms with E-state index in [1.54, 1.807) is 6.26 Å². The van der Waals surface area contributed by atoms with E-state index in [-0.39, 0.29) is 0 Å². The van der Waals surface area contributed by atoms with Gasteiger partial charge in [0.25, 0.3) is 0 Å². The van der Waals surface area contributed by atoms with Crippen LogP contribution in [0.5, 0.6) is 0 Å². The first kappa shape index (κ1) is 13.0. The van der Waals surface area contributed by atoms with Gasteiger partial charge in [-0.3, -0.25) is 4.21 Å². The van der Waals surface area contributed by atoms with E-state index in [2.05, 4.69) is 10.3 Å². The van der Waals surface area contributed by atoms with Crippen LogP contribution in [0.3, 0.4) is 0 Å². The van der Waals surface area contributed by atoms with Crippen LogP contribution in [0.2, 0.25) is 0 Å². The number of aromatic nitrogens is 1. The highest BCUT2D eigenvalue weighted by atomic mass is 32.2. The zero-order chi connectivity index (χ0) is 12.2. The summed E-state index contributed by atoms with van der Waals surface area (Å²) in [7, 11) is -0.928. The van der Waals surface area contributed by atoms with Crippen LogP contribution in [0.25, 0.3) is 0 Å². The number of pyridine rings is 1. The topological polar surface area (TPSA) is 42.0 Å². The van der Waals surface area contributed by atoms with E-state index in [0.29, 0.717) is 18.1 Å². The quantitative estimate of drug-likeness (QED) is 0.889. The molecule has 0 amide bonds. The minimum atomic E-state index is -4.36. The molecule has 0 saturated carbocycles. The number of nitrogens with zero attached hydrogens (tertiary/aromatic N) is 1. The van der Waals surface area contributed by atoms with Crippen LogP contribution in [-0.4, -0.2) is 27.7 Å². The predicted molar refractivity (Wildman–Crippen MR) is 56.7 cm³/mol. The van der Waals surface area contributed by atoms with E-state index in [1.165, 1.54) is 6.07 Å². The monoisotopic (exact) mass is 252 g/mol. The highest BCUT2D eigenvalue weighted by molar-refractivity contribution is 7.84. The van der Waals surface area contributed by atoms with Gasteiger partial charge in [-0.2, -0.15) is 13.2 Å². The second kappa shape index (κ2) is 5.29. The molecule has 16 heavy (non-hydrogen) atoms. The van der Waals surface area contributed by atoms with Gasteiger partial charge in [0.15, 0.2) is 0 Å². The molecule has 0 fully saturated rings. The molecular formula is C9H11F3N2OS. The normalized spacial score (nSPS) is 13.5. The lowest BCUT2D eigenvalue weighted by Crippen LogP contribution is -2.11. The summed E-state index contributed by atoms with van der Waals surface area (Å²) in [6.45, 7) is 0.418. The van der Waals surface area contributed by atoms with Gasteiger partial charge >= 0.3 is 6.18 Å². The van der Waals surface area contributed by atoms with Crippen LogP contribution in [0.1, 0.15) is 5.56 Å². The maximum Gasteiger partial charge on any atom is 0.417 e. The Morgan fingerprint density at radius 3 is 2.56 bits per heavy atom. The zero-order valence-corrected chi connectivity index (χ0v) is 9.36. The zero-order valence-electron chi connectivity index (χ0n) is 8.54. The number of rotatable bonds is 4. The van der Waals surface area contributed by atoms with Crippen molar-refractivity contribution in [3.63, 3.8) is 0 Å². The van der Waals surface area contributed by atoms with Crippen molar-refractivity contribution < 1.29 is 17.4 Å². The van der Waals surface area contributed by atoms with E-state index >= 15 is 0 Å². The smallest absolute Gasteiger partial charge is 0.369 e. The fourth-order valence-electron chi connectivity index (χ4n) is 0.989. The van der Waals surface area contributed by atoms with Gasteiger partial charge in [0.05, 0.1) is 5.56 Å². The highest BCUT2D eigenvalue weighted by Crippen LogP contribution is 2.28. The number of hydrogen-bond acceptors (Lipinski definition) is 3. The summed E-state index contributed by atoms with van der Waals surface area (Å²) >= 11 is 0. The Balaban J connectivity index is 2.55. The Hall–Kier alpha value is -1.11. The van der Waals surface area contributed by atoms with E-state index in [4.69, 9.17) is 0 Å². The van der Waals surface area contributed by atoms with Gasteiger partial charge in [0, 0.05) is 35.5 Å². The number of halogens is 3. The third-order valence-corrected chi connectivity index (χ3v) is 2.57. The summed E-state index contributed by atoms with van der Waals surface area (Å²) in [4.78, 5) is 3.61. The number of hydrogen-bond donors (Lipinski definition) is 1. The summed E-state index contributed by atoms with van der Waals surface area (Å²) in [5.74, 6) is 0.779. The number of alkyl halides is 3. The summed E-state index contributed by atoms with van der Waals surface area (Å²) in [5.41, 5.74) is -0.780. The second-order valence-corrected chi connectivity index (χ2v) is 4.69. The average molecular weight is 252 g/mol. The first-order chi connectivity index (χ1) is 7.39. The molecule has 1 unspecified atom stereocenters. The molecule has 0 radical (unpaired) electrons. The van der Waals surface area contributed by atoms with Crippen LogP contribution < -0.4 is 5.32 Å². The molecule has 1 atom stereocenters. The lowest BCUT2D eigenvalue weighted by atomic mass is 10.3. The minimum absolute atomic E-state index is 0.346. The van der Waals surface area contributed by atoms with Crippen molar-refractivity contribution >= 4 is 16.6 Å². The molecular weight excluding hydrogens is 241 g/mol. The van der Waals surface area contributed by atoms with Crippen LogP contribution in [-0.2, 0) is 17.0 Å². The fourth-order valence-corrected chi connectivity index (χ4v) is 1.38. The van der Waals surface area contributed by atoms with E-state index < -0.39 is 22.5 Å². The molecule has 0 spiro atoms. The molecule has 0 saturated heterocycles. The molecule has 7 heteroatoms. The molecule has 3 nitrogen and oxygen atoms in total. The van der Waals surface area contributed by atoms with Gasteiger partial charge in [-0.1, -0.05) is 0 Å². The standard InChI is InChI=1S/C9H11F3N2OS/c1-16(15)5-4-13-8-3-2-7(6-14-8)9(10,11)12/h2-3,6H,4-5H2,1H3,(H,13,14). The Kier molecular flexibility index (Phi) is 4.28. The maximum absolute atomic E-state index is 12.2. The van der Waals surface area contributed by atoms with Crippen LogP contribution >= 0.6 is 0 Å². The van der Waals surface area contributed by atoms with Crippen molar-refractivity contribution in [2.45, 2.75) is 6.18 Å². The molecule has 1 heterocycles. The molecule has 1 aromatic rings. The van der Waals surface area contributed by atoms with Gasteiger partial charge in [-0.15, -0.1) is 0 Å². The molecule has 0 aliphatic carbocycles. The predicted octanol–water partition coefficient (Wildman–Crippen LogP) is 1.89. The SMILES string of the molecule is CS(=O)CCNc1ccc(C(F)(F)F)cn1. The van der Waals surface area contributed by atoms with Gasteiger partial charge in [-0.25, -0.2) is 4.98 Å². The molecule has 0 bridgehead atoms. The second-order valence-electron chi connectivity index (χ2n) is 3.13. The Morgan fingerprint density at radius 1 is 1.44 bits per heavy atom. The first-order valence-corrected chi connectivity index (χ1v) is 6.19. The number of nitrogens with one attached hydrogen (secondary N) is 1. The Morgan fingerprint density at radius 2 is 2.12 bits per heavy atom. The van der Waals surface area contributed by atoms with E-state index in [1.807, 2.05) is 0 Å². The molecule has 1 rings (SSSR count). The first-order valence-electron chi connectivity index (χ1n) is 4.47. The Bertz CT molecular complexity index is 364. The van der Waals surface area contributed by atoms with Crippen molar-refractivity contribution in [2.24, 2.45) is 0 Å². The molecule has 0 aliphatic heterocycles. The summed E-state index contributed by atoms with van der Waals surface area (Å²) in [5, 5.41) is 2.78. The van der Waals surface area contributed by atoms with Crippen molar-refractivity contribution in [3.8, 4) is 0 Å². The highest BCUT2D eigenvalue weighted by Gasteiger charge is 2.30. The van der Waals surface area contributed by atoms with Crippen LogP contribution in [0.15, 0.2) is 18.3 Å². The van der Waals surface area contributed by atoms with Crippen molar-refractivity contribution in [1.29, 1.82) is 0 Å². The Labute approximate surface area is 93.5 Å². The fraction of sp³-hybridized carbons (Fsp3) is 0.444. The third-order valence-electron chi connectivity index (χ3n) is 1.79. The van der Waals surface area contributed by atoms with Crippen molar-refractivity contribution in [3.05, 3.63) is 23.9 Å².